The first-order chi connectivity index (χ1) is 9.60. The second-order valence-corrected chi connectivity index (χ2v) is 5.48. The van der Waals surface area contributed by atoms with Gasteiger partial charge in [-0.1, -0.05) is 17.8 Å². The number of hydrogen-bond donors (Lipinski definition) is 0. The molecule has 0 bridgehead atoms. The minimum Gasteiger partial charge on any atom is -0.493 e. The minimum absolute atomic E-state index is 0.0772. The SMILES string of the molecule is CCCc1nnsc1C(=O)c1c(OC)cnn1C(C)C. The van der Waals surface area contributed by atoms with E-state index in [4.69, 9.17) is 4.74 Å². The van der Waals surface area contributed by atoms with E-state index in [0.29, 0.717) is 16.3 Å². The number of rotatable bonds is 6. The number of methoxy groups -OCH3 is 1. The molecule has 0 aliphatic rings. The number of hydrogen-bond acceptors (Lipinski definition) is 6. The van der Waals surface area contributed by atoms with Crippen LogP contribution in [0.5, 0.6) is 5.75 Å². The average Bonchev–Trinajstić information content (AvgIpc) is 3.04. The maximum absolute atomic E-state index is 12.8. The van der Waals surface area contributed by atoms with Gasteiger partial charge in [-0.3, -0.25) is 9.48 Å². The highest BCUT2D eigenvalue weighted by atomic mass is 32.1. The van der Waals surface area contributed by atoms with Crippen LogP contribution in [0.1, 0.15) is 54.3 Å². The van der Waals surface area contributed by atoms with Crippen molar-refractivity contribution in [1.82, 2.24) is 19.4 Å². The Balaban J connectivity index is 2.47. The molecule has 0 radical (unpaired) electrons. The van der Waals surface area contributed by atoms with Crippen molar-refractivity contribution in [3.63, 3.8) is 0 Å². The topological polar surface area (TPSA) is 69.9 Å². The molecule has 20 heavy (non-hydrogen) atoms. The lowest BCUT2D eigenvalue weighted by Gasteiger charge is -2.10. The van der Waals surface area contributed by atoms with Crippen LogP contribution in [0.3, 0.4) is 0 Å². The highest BCUT2D eigenvalue weighted by Crippen LogP contribution is 2.26. The van der Waals surface area contributed by atoms with Gasteiger partial charge in [0.15, 0.2) is 11.4 Å². The van der Waals surface area contributed by atoms with Crippen molar-refractivity contribution in [3.8, 4) is 5.75 Å². The van der Waals surface area contributed by atoms with Crippen LogP contribution < -0.4 is 4.74 Å². The van der Waals surface area contributed by atoms with Gasteiger partial charge in [-0.2, -0.15) is 5.10 Å². The Hall–Kier alpha value is -1.76. The van der Waals surface area contributed by atoms with E-state index in [1.54, 1.807) is 10.9 Å². The molecule has 108 valence electrons. The summed E-state index contributed by atoms with van der Waals surface area (Å²) < 4.78 is 10.8. The molecule has 7 heteroatoms. The first kappa shape index (κ1) is 14.6. The summed E-state index contributed by atoms with van der Waals surface area (Å²) in [6.45, 7) is 5.99. The van der Waals surface area contributed by atoms with Gasteiger partial charge in [0, 0.05) is 6.04 Å². The number of carbonyl (C=O) groups excluding carboxylic acids is 1. The van der Waals surface area contributed by atoms with Crippen molar-refractivity contribution in [1.29, 1.82) is 0 Å². The van der Waals surface area contributed by atoms with Gasteiger partial charge in [-0.05, 0) is 31.8 Å². The molecular formula is C13H18N4O2S. The van der Waals surface area contributed by atoms with E-state index >= 15 is 0 Å². The summed E-state index contributed by atoms with van der Waals surface area (Å²) in [5.41, 5.74) is 1.21. The summed E-state index contributed by atoms with van der Waals surface area (Å²) in [6.07, 6.45) is 3.24. The average molecular weight is 294 g/mol. The van der Waals surface area contributed by atoms with Gasteiger partial charge in [0.2, 0.25) is 5.78 Å². The van der Waals surface area contributed by atoms with E-state index in [1.165, 1.54) is 7.11 Å². The maximum Gasteiger partial charge on any atom is 0.228 e. The zero-order chi connectivity index (χ0) is 14.7. The fraction of sp³-hybridized carbons (Fsp3) is 0.538. The van der Waals surface area contributed by atoms with Crippen LogP contribution in [-0.4, -0.2) is 32.3 Å². The molecular weight excluding hydrogens is 276 g/mol. The minimum atomic E-state index is -0.119. The van der Waals surface area contributed by atoms with Crippen LogP contribution in [0, 0.1) is 0 Å². The van der Waals surface area contributed by atoms with Crippen LogP contribution in [0.4, 0.5) is 0 Å². The molecule has 0 atom stereocenters. The van der Waals surface area contributed by atoms with Gasteiger partial charge >= 0.3 is 0 Å². The smallest absolute Gasteiger partial charge is 0.228 e. The molecule has 2 aromatic rings. The van der Waals surface area contributed by atoms with Gasteiger partial charge in [0.1, 0.15) is 4.88 Å². The molecule has 0 aliphatic carbocycles. The third-order valence-electron chi connectivity index (χ3n) is 2.93. The number of ketones is 1. The summed E-state index contributed by atoms with van der Waals surface area (Å²) >= 11 is 1.13. The largest absolute Gasteiger partial charge is 0.493 e. The van der Waals surface area contributed by atoms with Crippen molar-refractivity contribution in [3.05, 3.63) is 22.5 Å². The summed E-state index contributed by atoms with van der Waals surface area (Å²) in [4.78, 5) is 13.3. The van der Waals surface area contributed by atoms with Crippen molar-refractivity contribution in [2.24, 2.45) is 0 Å². The molecule has 0 fully saturated rings. The molecule has 6 nitrogen and oxygen atoms in total. The highest BCUT2D eigenvalue weighted by Gasteiger charge is 2.26. The fourth-order valence-corrected chi connectivity index (χ4v) is 2.64. The molecule has 0 amide bonds. The van der Waals surface area contributed by atoms with Gasteiger partial charge < -0.3 is 4.74 Å². The number of aryl methyl sites for hydroxylation is 1. The molecule has 0 saturated heterocycles. The number of ether oxygens (including phenoxy) is 1. The number of aromatic nitrogens is 4. The van der Waals surface area contributed by atoms with Gasteiger partial charge in [0.05, 0.1) is 19.0 Å². The molecule has 0 aliphatic heterocycles. The number of carbonyl (C=O) groups is 1. The first-order valence-electron chi connectivity index (χ1n) is 6.57. The normalized spacial score (nSPS) is 11.1. The van der Waals surface area contributed by atoms with Gasteiger partial charge in [-0.25, -0.2) is 0 Å². The van der Waals surface area contributed by atoms with Crippen molar-refractivity contribution in [2.45, 2.75) is 39.7 Å². The van der Waals surface area contributed by atoms with Crippen LogP contribution >= 0.6 is 11.5 Å². The lowest BCUT2D eigenvalue weighted by atomic mass is 10.1. The van der Waals surface area contributed by atoms with Gasteiger partial charge in [0.25, 0.3) is 0 Å². The zero-order valence-electron chi connectivity index (χ0n) is 12.1. The standard InChI is InChI=1S/C13H18N4O2S/c1-5-6-9-13(20-16-15-9)12(18)11-10(19-4)7-14-17(11)8(2)3/h7-8H,5-6H2,1-4H3. The molecule has 0 unspecified atom stereocenters. The van der Waals surface area contributed by atoms with Crippen LogP contribution in [0.25, 0.3) is 0 Å². The van der Waals surface area contributed by atoms with E-state index in [0.717, 1.165) is 30.1 Å². The molecule has 0 N–H and O–H groups in total. The Morgan fingerprint density at radius 3 is 2.85 bits per heavy atom. The van der Waals surface area contributed by atoms with Crippen LogP contribution in [0.2, 0.25) is 0 Å². The van der Waals surface area contributed by atoms with Gasteiger partial charge in [-0.15, -0.1) is 5.10 Å². The van der Waals surface area contributed by atoms with Crippen LogP contribution in [0.15, 0.2) is 6.20 Å². The lowest BCUT2D eigenvalue weighted by molar-refractivity contribution is 0.102. The Kier molecular flexibility index (Phi) is 4.49. The fourth-order valence-electron chi connectivity index (χ4n) is 1.99. The van der Waals surface area contributed by atoms with Crippen molar-refractivity contribution in [2.75, 3.05) is 7.11 Å². The van der Waals surface area contributed by atoms with E-state index in [2.05, 4.69) is 14.7 Å². The monoisotopic (exact) mass is 294 g/mol. The highest BCUT2D eigenvalue weighted by molar-refractivity contribution is 7.08. The predicted octanol–water partition coefficient (Wildman–Crippen LogP) is 2.51. The van der Waals surface area contributed by atoms with Crippen LogP contribution in [-0.2, 0) is 6.42 Å². The number of nitrogens with zero attached hydrogens (tertiary/aromatic N) is 4. The van der Waals surface area contributed by atoms with E-state index in [1.807, 2.05) is 20.8 Å². The molecule has 2 heterocycles. The molecule has 2 aromatic heterocycles. The summed E-state index contributed by atoms with van der Waals surface area (Å²) in [6, 6.07) is 0.0772. The first-order valence-corrected chi connectivity index (χ1v) is 7.34. The van der Waals surface area contributed by atoms with Crippen molar-refractivity contribution >= 4 is 17.3 Å². The Labute approximate surface area is 121 Å². The third kappa shape index (κ3) is 2.58. The van der Waals surface area contributed by atoms with Crippen molar-refractivity contribution < 1.29 is 9.53 Å². The van der Waals surface area contributed by atoms with E-state index < -0.39 is 0 Å². The molecule has 0 saturated carbocycles. The summed E-state index contributed by atoms with van der Waals surface area (Å²) in [7, 11) is 1.54. The predicted molar refractivity (Wildman–Crippen MR) is 76.5 cm³/mol. The molecule has 0 aromatic carbocycles. The second-order valence-electron chi connectivity index (χ2n) is 4.73. The Morgan fingerprint density at radius 1 is 1.50 bits per heavy atom. The third-order valence-corrected chi connectivity index (χ3v) is 3.70. The lowest BCUT2D eigenvalue weighted by Crippen LogP contribution is -2.14. The maximum atomic E-state index is 12.8. The second kappa shape index (κ2) is 6.13. The quantitative estimate of drug-likeness (QED) is 0.766. The summed E-state index contributed by atoms with van der Waals surface area (Å²) in [5, 5.41) is 8.27. The molecule has 0 spiro atoms. The van der Waals surface area contributed by atoms with E-state index in [-0.39, 0.29) is 11.8 Å². The zero-order valence-corrected chi connectivity index (χ0v) is 12.9. The Bertz CT molecular complexity index is 603. The summed E-state index contributed by atoms with van der Waals surface area (Å²) in [5.74, 6) is 0.367. The van der Waals surface area contributed by atoms with E-state index in [9.17, 15) is 4.79 Å². The Morgan fingerprint density at radius 2 is 2.25 bits per heavy atom. The molecule has 2 rings (SSSR count).